The topological polar surface area (TPSA) is 68.3 Å². The molecule has 0 aromatic carbocycles. The summed E-state index contributed by atoms with van der Waals surface area (Å²) in [7, 11) is -3.92. The average Bonchev–Trinajstić information content (AvgIpc) is 2.39. The largest absolute Gasteiger partial charge is 0.381 e. The average molecular weight is 288 g/mol. The van der Waals surface area contributed by atoms with E-state index in [2.05, 4.69) is 9.71 Å². The molecule has 2 heterocycles. The molecule has 0 bridgehead atoms. The third-order valence-corrected chi connectivity index (χ3v) is 4.78. The number of nitrogens with one attached hydrogen (secondary N) is 1. The van der Waals surface area contributed by atoms with Crippen molar-refractivity contribution in [2.24, 2.45) is 5.92 Å². The number of halogens is 1. The molecule has 0 amide bonds. The van der Waals surface area contributed by atoms with E-state index in [1.165, 1.54) is 12.3 Å². The van der Waals surface area contributed by atoms with Crippen molar-refractivity contribution < 1.29 is 17.5 Å². The monoisotopic (exact) mass is 288 g/mol. The molecular formula is C12H17FN2O3S. The van der Waals surface area contributed by atoms with E-state index in [0.29, 0.717) is 13.2 Å². The first-order valence-corrected chi connectivity index (χ1v) is 7.69. The van der Waals surface area contributed by atoms with E-state index in [9.17, 15) is 12.8 Å². The first-order valence-electron chi connectivity index (χ1n) is 6.21. The zero-order valence-corrected chi connectivity index (χ0v) is 11.5. The lowest BCUT2D eigenvalue weighted by molar-refractivity contribution is 0.0585. The number of hydrogen-bond acceptors (Lipinski definition) is 4. The molecule has 1 aromatic heterocycles. The summed E-state index contributed by atoms with van der Waals surface area (Å²) in [5.74, 6) is -0.635. The first-order chi connectivity index (χ1) is 9.00. The van der Waals surface area contributed by atoms with Gasteiger partial charge in [-0.15, -0.1) is 0 Å². The van der Waals surface area contributed by atoms with Crippen molar-refractivity contribution in [2.45, 2.75) is 30.8 Å². The standard InChI is InChI=1S/C12H17FN2O3S/c1-9(10-4-7-18-8-5-10)15-19(16,17)12-11(13)3-2-6-14-12/h2-3,6,9-10,15H,4-5,7-8H2,1H3. The Balaban J connectivity index is 2.11. The van der Waals surface area contributed by atoms with Crippen molar-refractivity contribution >= 4 is 10.0 Å². The van der Waals surface area contributed by atoms with Gasteiger partial charge >= 0.3 is 0 Å². The Morgan fingerprint density at radius 1 is 1.47 bits per heavy atom. The molecule has 1 fully saturated rings. The van der Waals surface area contributed by atoms with Crippen LogP contribution in [0.2, 0.25) is 0 Å². The summed E-state index contributed by atoms with van der Waals surface area (Å²) < 4.78 is 45.3. The van der Waals surface area contributed by atoms with E-state index in [0.717, 1.165) is 18.9 Å². The second-order valence-corrected chi connectivity index (χ2v) is 6.28. The highest BCUT2D eigenvalue weighted by molar-refractivity contribution is 7.89. The fourth-order valence-corrected chi connectivity index (χ4v) is 3.50. The summed E-state index contributed by atoms with van der Waals surface area (Å²) in [6.45, 7) is 3.05. The van der Waals surface area contributed by atoms with Crippen LogP contribution in [0.5, 0.6) is 0 Å². The Labute approximate surface area is 112 Å². The molecule has 0 spiro atoms. The maximum Gasteiger partial charge on any atom is 0.261 e. The van der Waals surface area contributed by atoms with Crippen LogP contribution >= 0.6 is 0 Å². The number of sulfonamides is 1. The van der Waals surface area contributed by atoms with E-state index in [-0.39, 0.29) is 12.0 Å². The lowest BCUT2D eigenvalue weighted by atomic mass is 9.94. The number of pyridine rings is 1. The Bertz CT molecular complexity index is 530. The van der Waals surface area contributed by atoms with Crippen molar-refractivity contribution in [1.82, 2.24) is 9.71 Å². The van der Waals surface area contributed by atoms with Crippen LogP contribution in [0.15, 0.2) is 23.4 Å². The van der Waals surface area contributed by atoms with Gasteiger partial charge in [0.2, 0.25) is 5.03 Å². The molecule has 1 atom stereocenters. The van der Waals surface area contributed by atoms with Gasteiger partial charge in [-0.1, -0.05) is 0 Å². The van der Waals surface area contributed by atoms with Crippen LogP contribution in [0, 0.1) is 11.7 Å². The molecule has 1 aromatic rings. The summed E-state index contributed by atoms with van der Waals surface area (Å²) in [6.07, 6.45) is 2.86. The Morgan fingerprint density at radius 2 is 2.16 bits per heavy atom. The summed E-state index contributed by atoms with van der Waals surface area (Å²) in [5.41, 5.74) is 0. The van der Waals surface area contributed by atoms with Crippen molar-refractivity contribution in [3.8, 4) is 0 Å². The third-order valence-electron chi connectivity index (χ3n) is 3.29. The van der Waals surface area contributed by atoms with Crippen molar-refractivity contribution in [2.75, 3.05) is 13.2 Å². The van der Waals surface area contributed by atoms with E-state index in [4.69, 9.17) is 4.74 Å². The fourth-order valence-electron chi connectivity index (χ4n) is 2.18. The minimum atomic E-state index is -3.92. The van der Waals surface area contributed by atoms with Gasteiger partial charge in [-0.2, -0.15) is 0 Å². The second kappa shape index (κ2) is 5.94. The highest BCUT2D eigenvalue weighted by atomic mass is 32.2. The van der Waals surface area contributed by atoms with Gasteiger partial charge in [-0.05, 0) is 37.8 Å². The normalized spacial score (nSPS) is 19.3. The quantitative estimate of drug-likeness (QED) is 0.907. The summed E-state index contributed by atoms with van der Waals surface area (Å²) in [4.78, 5) is 3.60. The smallest absolute Gasteiger partial charge is 0.261 e. The van der Waals surface area contributed by atoms with Crippen molar-refractivity contribution in [1.29, 1.82) is 0 Å². The Kier molecular flexibility index (Phi) is 4.49. The number of rotatable bonds is 4. The molecule has 1 N–H and O–H groups in total. The van der Waals surface area contributed by atoms with E-state index < -0.39 is 20.9 Å². The zero-order valence-electron chi connectivity index (χ0n) is 10.7. The number of nitrogens with zero attached hydrogens (tertiary/aromatic N) is 1. The van der Waals surface area contributed by atoms with Gasteiger partial charge in [0.25, 0.3) is 10.0 Å². The molecule has 19 heavy (non-hydrogen) atoms. The van der Waals surface area contributed by atoms with Gasteiger partial charge in [-0.3, -0.25) is 0 Å². The summed E-state index contributed by atoms with van der Waals surface area (Å²) in [5, 5.41) is -0.547. The maximum absolute atomic E-state index is 13.5. The van der Waals surface area contributed by atoms with Gasteiger partial charge in [0.1, 0.15) is 0 Å². The maximum atomic E-state index is 13.5. The highest BCUT2D eigenvalue weighted by Crippen LogP contribution is 2.20. The van der Waals surface area contributed by atoms with Crippen molar-refractivity contribution in [3.63, 3.8) is 0 Å². The van der Waals surface area contributed by atoms with Crippen LogP contribution in [0.3, 0.4) is 0 Å². The molecule has 0 saturated carbocycles. The van der Waals surface area contributed by atoms with Crippen LogP contribution in [-0.2, 0) is 14.8 Å². The van der Waals surface area contributed by atoms with E-state index in [1.807, 2.05) is 0 Å². The number of hydrogen-bond donors (Lipinski definition) is 1. The van der Waals surface area contributed by atoms with Crippen LogP contribution in [-0.4, -0.2) is 32.7 Å². The lowest BCUT2D eigenvalue weighted by Crippen LogP contribution is -2.40. The molecule has 106 valence electrons. The molecule has 5 nitrogen and oxygen atoms in total. The van der Waals surface area contributed by atoms with Gasteiger partial charge in [0, 0.05) is 25.5 Å². The summed E-state index contributed by atoms with van der Waals surface area (Å²) in [6, 6.07) is 2.17. The molecule has 0 radical (unpaired) electrons. The molecule has 2 rings (SSSR count). The van der Waals surface area contributed by atoms with Gasteiger partial charge in [0.05, 0.1) is 0 Å². The lowest BCUT2D eigenvalue weighted by Gasteiger charge is -2.28. The third kappa shape index (κ3) is 3.49. The SMILES string of the molecule is CC(NS(=O)(=O)c1ncccc1F)C1CCOCC1. The minimum Gasteiger partial charge on any atom is -0.381 e. The molecular weight excluding hydrogens is 271 g/mol. The van der Waals surface area contributed by atoms with Gasteiger partial charge < -0.3 is 4.74 Å². The predicted molar refractivity (Wildman–Crippen MR) is 67.5 cm³/mol. The molecule has 7 heteroatoms. The van der Waals surface area contributed by atoms with Crippen LogP contribution in [0.25, 0.3) is 0 Å². The van der Waals surface area contributed by atoms with Gasteiger partial charge in [-0.25, -0.2) is 22.5 Å². The molecule has 1 saturated heterocycles. The Hall–Kier alpha value is -1.05. The Morgan fingerprint density at radius 3 is 2.79 bits per heavy atom. The highest BCUT2D eigenvalue weighted by Gasteiger charge is 2.27. The minimum absolute atomic E-state index is 0.204. The summed E-state index contributed by atoms with van der Waals surface area (Å²) >= 11 is 0. The van der Waals surface area contributed by atoms with Crippen LogP contribution in [0.4, 0.5) is 4.39 Å². The molecule has 1 unspecified atom stereocenters. The van der Waals surface area contributed by atoms with Crippen LogP contribution < -0.4 is 4.72 Å². The van der Waals surface area contributed by atoms with E-state index in [1.54, 1.807) is 6.92 Å². The molecule has 0 aliphatic carbocycles. The number of aromatic nitrogens is 1. The van der Waals surface area contributed by atoms with Crippen LogP contribution in [0.1, 0.15) is 19.8 Å². The second-order valence-electron chi connectivity index (χ2n) is 4.65. The molecule has 1 aliphatic heterocycles. The zero-order chi connectivity index (χ0) is 13.9. The predicted octanol–water partition coefficient (Wildman–Crippen LogP) is 1.31. The number of ether oxygens (including phenoxy) is 1. The first kappa shape index (κ1) is 14.4. The van der Waals surface area contributed by atoms with Gasteiger partial charge in [0.15, 0.2) is 5.82 Å². The van der Waals surface area contributed by atoms with E-state index >= 15 is 0 Å². The van der Waals surface area contributed by atoms with Crippen molar-refractivity contribution in [3.05, 3.63) is 24.1 Å². The molecule has 1 aliphatic rings. The fraction of sp³-hybridized carbons (Fsp3) is 0.583.